The maximum absolute atomic E-state index is 7.07. The second-order valence-electron chi connectivity index (χ2n) is 10.1. The topological polar surface area (TPSA) is 49.0 Å². The van der Waals surface area contributed by atoms with Crippen LogP contribution in [0.3, 0.4) is 0 Å². The molecule has 0 aromatic heterocycles. The summed E-state index contributed by atoms with van der Waals surface area (Å²) >= 11 is 0. The second kappa shape index (κ2) is 14.6. The fourth-order valence-electron chi connectivity index (χ4n) is 4.28. The Balaban J connectivity index is 1.99. The monoisotopic (exact) mass is 519 g/mol. The van der Waals surface area contributed by atoms with Crippen molar-refractivity contribution in [3.8, 4) is 0 Å². The molecule has 0 saturated carbocycles. The summed E-state index contributed by atoms with van der Waals surface area (Å²) in [4.78, 5) is 0. The van der Waals surface area contributed by atoms with Crippen LogP contribution >= 0.6 is 0 Å². The highest BCUT2D eigenvalue weighted by molar-refractivity contribution is 6.32. The number of nitrogens with one attached hydrogen (secondary N) is 1. The highest BCUT2D eigenvalue weighted by Gasteiger charge is 2.44. The van der Waals surface area contributed by atoms with E-state index in [0.717, 1.165) is 23.1 Å². The summed E-state index contributed by atoms with van der Waals surface area (Å²) in [5.74, 6) is 0. The molecule has 0 spiro atoms. The standard InChI is InChI=1S/C31H41NO4Si/c1-30(2,3)37-36-31(26-17-11-7-12-18-26,27-19-13-8-14-20-27)28(32-23-29(33-4)34-5)21-22-35-24-25-15-9-6-10-16-25/h6-20,28-29,32H,21-24H2,1-5H3/t28-/m0/s1. The number of rotatable bonds is 15. The van der Waals surface area contributed by atoms with Crippen LogP contribution in [0.15, 0.2) is 91.0 Å². The summed E-state index contributed by atoms with van der Waals surface area (Å²) in [7, 11) is 3.60. The van der Waals surface area contributed by atoms with E-state index in [1.807, 2.05) is 30.3 Å². The third-order valence-electron chi connectivity index (χ3n) is 6.13. The van der Waals surface area contributed by atoms with Gasteiger partial charge in [-0.1, -0.05) is 112 Å². The molecule has 0 bridgehead atoms. The van der Waals surface area contributed by atoms with Crippen LogP contribution in [0.1, 0.15) is 43.9 Å². The van der Waals surface area contributed by atoms with Crippen molar-refractivity contribution in [2.45, 2.75) is 56.8 Å². The molecule has 3 aromatic carbocycles. The van der Waals surface area contributed by atoms with E-state index >= 15 is 0 Å². The van der Waals surface area contributed by atoms with E-state index in [1.165, 1.54) is 0 Å². The zero-order chi connectivity index (χ0) is 26.6. The first kappa shape index (κ1) is 29.2. The maximum atomic E-state index is 7.07. The molecule has 3 aromatic rings. The van der Waals surface area contributed by atoms with E-state index in [4.69, 9.17) is 18.6 Å². The SMILES string of the molecule is COC(CN[C@@H](CCOCc1ccccc1)C(O[Si]C(C)(C)C)(c1ccccc1)c1ccccc1)OC. The average Bonchev–Trinajstić information content (AvgIpc) is 2.92. The molecule has 1 atom stereocenters. The van der Waals surface area contributed by atoms with Gasteiger partial charge in [-0.25, -0.2) is 0 Å². The van der Waals surface area contributed by atoms with Gasteiger partial charge in [0.05, 0.1) is 6.61 Å². The number of hydrogen-bond acceptors (Lipinski definition) is 5. The van der Waals surface area contributed by atoms with Crippen molar-refractivity contribution in [2.24, 2.45) is 0 Å². The van der Waals surface area contributed by atoms with Crippen molar-refractivity contribution in [3.63, 3.8) is 0 Å². The van der Waals surface area contributed by atoms with Crippen molar-refractivity contribution in [2.75, 3.05) is 27.4 Å². The molecule has 0 saturated heterocycles. The minimum Gasteiger partial charge on any atom is -0.402 e. The van der Waals surface area contributed by atoms with Crippen LogP contribution in [0.2, 0.25) is 5.04 Å². The normalized spacial score (nSPS) is 13.1. The Morgan fingerprint density at radius 3 is 1.76 bits per heavy atom. The quantitative estimate of drug-likeness (QED) is 0.152. The van der Waals surface area contributed by atoms with Gasteiger partial charge in [-0.05, 0) is 28.1 Å². The van der Waals surface area contributed by atoms with Crippen LogP contribution in [-0.2, 0) is 30.8 Å². The summed E-state index contributed by atoms with van der Waals surface area (Å²) in [5, 5.41) is 3.75. The van der Waals surface area contributed by atoms with Crippen LogP contribution in [0.4, 0.5) is 0 Å². The molecule has 0 aliphatic rings. The van der Waals surface area contributed by atoms with Gasteiger partial charge in [0.15, 0.2) is 6.29 Å². The van der Waals surface area contributed by atoms with Crippen LogP contribution in [0.5, 0.6) is 0 Å². The molecule has 2 radical (unpaired) electrons. The molecule has 0 heterocycles. The average molecular weight is 520 g/mol. The molecule has 198 valence electrons. The van der Waals surface area contributed by atoms with Crippen molar-refractivity contribution < 1.29 is 18.6 Å². The van der Waals surface area contributed by atoms with E-state index in [2.05, 4.69) is 86.8 Å². The molecule has 0 fully saturated rings. The second-order valence-corrected chi connectivity index (χ2v) is 12.0. The third kappa shape index (κ3) is 8.60. The van der Waals surface area contributed by atoms with Crippen molar-refractivity contribution >= 4 is 9.76 Å². The molecule has 37 heavy (non-hydrogen) atoms. The van der Waals surface area contributed by atoms with E-state index in [-0.39, 0.29) is 27.1 Å². The minimum absolute atomic E-state index is 0.00473. The highest BCUT2D eigenvalue weighted by atomic mass is 28.2. The molecule has 0 amide bonds. The zero-order valence-corrected chi connectivity index (χ0v) is 23.8. The number of hydrogen-bond donors (Lipinski definition) is 1. The summed E-state index contributed by atoms with van der Waals surface area (Å²) in [5.41, 5.74) is 2.62. The molecular formula is C31H41NO4Si. The molecule has 0 unspecified atom stereocenters. The van der Waals surface area contributed by atoms with E-state index in [9.17, 15) is 0 Å². The predicted molar refractivity (Wildman–Crippen MR) is 151 cm³/mol. The van der Waals surface area contributed by atoms with Gasteiger partial charge in [0, 0.05) is 33.4 Å². The van der Waals surface area contributed by atoms with E-state index in [0.29, 0.717) is 19.8 Å². The Morgan fingerprint density at radius 2 is 1.27 bits per heavy atom. The van der Waals surface area contributed by atoms with E-state index < -0.39 is 5.60 Å². The molecule has 5 nitrogen and oxygen atoms in total. The molecule has 0 aliphatic heterocycles. The van der Waals surface area contributed by atoms with E-state index in [1.54, 1.807) is 14.2 Å². The molecular weight excluding hydrogens is 478 g/mol. The lowest BCUT2D eigenvalue weighted by atomic mass is 9.79. The maximum Gasteiger partial charge on any atom is 0.237 e. The van der Waals surface area contributed by atoms with Crippen molar-refractivity contribution in [1.29, 1.82) is 0 Å². The lowest BCUT2D eigenvalue weighted by molar-refractivity contribution is -0.103. The van der Waals surface area contributed by atoms with Crippen LogP contribution in [-0.4, -0.2) is 49.5 Å². The van der Waals surface area contributed by atoms with Gasteiger partial charge >= 0.3 is 0 Å². The number of benzene rings is 3. The number of ether oxygens (including phenoxy) is 3. The fraction of sp³-hybridized carbons (Fsp3) is 0.419. The van der Waals surface area contributed by atoms with Gasteiger partial charge in [0.2, 0.25) is 9.76 Å². The van der Waals surface area contributed by atoms with Gasteiger partial charge in [0.1, 0.15) is 5.60 Å². The van der Waals surface area contributed by atoms with Gasteiger partial charge in [-0.3, -0.25) is 0 Å². The highest BCUT2D eigenvalue weighted by Crippen LogP contribution is 2.40. The summed E-state index contributed by atoms with van der Waals surface area (Å²) in [6.45, 7) is 8.29. The lowest BCUT2D eigenvalue weighted by Crippen LogP contribution is -2.54. The lowest BCUT2D eigenvalue weighted by Gasteiger charge is -2.44. The largest absolute Gasteiger partial charge is 0.402 e. The molecule has 1 N–H and O–H groups in total. The van der Waals surface area contributed by atoms with Gasteiger partial charge < -0.3 is 24.0 Å². The van der Waals surface area contributed by atoms with Gasteiger partial charge in [-0.2, -0.15) is 0 Å². The Bertz CT molecular complexity index is 968. The fourth-order valence-corrected chi connectivity index (χ4v) is 5.12. The minimum atomic E-state index is -0.740. The summed E-state index contributed by atoms with van der Waals surface area (Å²) in [6.07, 6.45) is 0.354. The number of methoxy groups -OCH3 is 2. The summed E-state index contributed by atoms with van der Waals surface area (Å²) < 4.78 is 24.3. The zero-order valence-electron chi connectivity index (χ0n) is 22.8. The predicted octanol–water partition coefficient (Wildman–Crippen LogP) is 5.97. The molecule has 0 aliphatic carbocycles. The van der Waals surface area contributed by atoms with Gasteiger partial charge in [-0.15, -0.1) is 0 Å². The first-order valence-electron chi connectivity index (χ1n) is 12.9. The summed E-state index contributed by atoms with van der Waals surface area (Å²) in [6, 6.07) is 31.2. The van der Waals surface area contributed by atoms with Gasteiger partial charge in [0.25, 0.3) is 0 Å². The van der Waals surface area contributed by atoms with Crippen molar-refractivity contribution in [3.05, 3.63) is 108 Å². The van der Waals surface area contributed by atoms with Crippen molar-refractivity contribution in [1.82, 2.24) is 5.32 Å². The molecule has 3 rings (SSSR count). The Kier molecular flexibility index (Phi) is 11.5. The Morgan fingerprint density at radius 1 is 0.757 bits per heavy atom. The smallest absolute Gasteiger partial charge is 0.237 e. The first-order valence-corrected chi connectivity index (χ1v) is 13.8. The van der Waals surface area contributed by atoms with Crippen LogP contribution in [0, 0.1) is 0 Å². The Labute approximate surface area is 225 Å². The van der Waals surface area contributed by atoms with Crippen LogP contribution < -0.4 is 5.32 Å². The Hall–Kier alpha value is -2.32. The first-order chi connectivity index (χ1) is 17.9. The van der Waals surface area contributed by atoms with Crippen LogP contribution in [0.25, 0.3) is 0 Å². The third-order valence-corrected chi connectivity index (χ3v) is 7.17. The molecule has 6 heteroatoms.